The number of esters is 2. The number of aryl methyl sites for hydroxylation is 1. The monoisotopic (exact) mass is 681 g/mol. The van der Waals surface area contributed by atoms with Gasteiger partial charge in [0, 0.05) is 42.5 Å². The van der Waals surface area contributed by atoms with Crippen molar-refractivity contribution in [2.24, 2.45) is 17.3 Å². The summed E-state index contributed by atoms with van der Waals surface area (Å²) in [6, 6.07) is 10.4. The largest absolute Gasteiger partial charge is 0.459 e. The number of nitro benzene ring substituents is 1. The van der Waals surface area contributed by atoms with Gasteiger partial charge in [0.15, 0.2) is 6.10 Å². The molecule has 11 nitrogen and oxygen atoms in total. The Balaban J connectivity index is 1.93. The molecule has 0 spiro atoms. The van der Waals surface area contributed by atoms with Crippen LogP contribution in [0.25, 0.3) is 6.08 Å². The third kappa shape index (κ3) is 11.3. The molecule has 2 aromatic carbocycles. The number of halogens is 1. The van der Waals surface area contributed by atoms with E-state index in [0.717, 1.165) is 11.1 Å². The van der Waals surface area contributed by atoms with Gasteiger partial charge in [0.2, 0.25) is 11.8 Å². The number of nitro groups is 1. The molecule has 2 aromatic rings. The van der Waals surface area contributed by atoms with Gasteiger partial charge in [-0.2, -0.15) is 0 Å². The van der Waals surface area contributed by atoms with Crippen LogP contribution in [0, 0.1) is 34.3 Å². The van der Waals surface area contributed by atoms with Crippen molar-refractivity contribution in [1.82, 2.24) is 10.6 Å². The summed E-state index contributed by atoms with van der Waals surface area (Å²) < 4.78 is 11.7. The first-order valence-corrected chi connectivity index (χ1v) is 16.3. The number of hydrogen-bond donors (Lipinski definition) is 2. The summed E-state index contributed by atoms with van der Waals surface area (Å²) in [5.41, 5.74) is 1.06. The highest BCUT2D eigenvalue weighted by Gasteiger charge is 2.37. The highest BCUT2D eigenvalue weighted by Crippen LogP contribution is 2.24. The molecule has 48 heavy (non-hydrogen) atoms. The van der Waals surface area contributed by atoms with Gasteiger partial charge in [0.05, 0.1) is 10.3 Å². The van der Waals surface area contributed by atoms with E-state index in [4.69, 9.17) is 21.1 Å². The fourth-order valence-corrected chi connectivity index (χ4v) is 5.04. The van der Waals surface area contributed by atoms with E-state index in [0.29, 0.717) is 10.6 Å². The van der Waals surface area contributed by atoms with Crippen LogP contribution in [0.1, 0.15) is 64.2 Å². The fourth-order valence-electron chi connectivity index (χ4n) is 4.84. The number of cyclic esters (lactones) is 2. The maximum Gasteiger partial charge on any atom is 0.347 e. The maximum absolute atomic E-state index is 13.5. The van der Waals surface area contributed by atoms with Crippen LogP contribution in [0.15, 0.2) is 60.7 Å². The lowest BCUT2D eigenvalue weighted by Crippen LogP contribution is -2.51. The number of ether oxygens (including phenoxy) is 2. The second-order valence-corrected chi connectivity index (χ2v) is 13.6. The van der Waals surface area contributed by atoms with Crippen LogP contribution in [0.2, 0.25) is 5.02 Å². The molecule has 1 aliphatic heterocycles. The zero-order chi connectivity index (χ0) is 35.6. The lowest BCUT2D eigenvalue weighted by atomic mass is 9.93. The Labute approximate surface area is 286 Å². The molecule has 0 aromatic heterocycles. The fraction of sp³-hybridized carbons (Fsp3) is 0.444. The van der Waals surface area contributed by atoms with Gasteiger partial charge in [-0.15, -0.1) is 0 Å². The van der Waals surface area contributed by atoms with Gasteiger partial charge in [-0.25, -0.2) is 4.79 Å². The van der Waals surface area contributed by atoms with E-state index < -0.39 is 52.3 Å². The van der Waals surface area contributed by atoms with Crippen LogP contribution in [-0.2, 0) is 35.1 Å². The third-order valence-corrected chi connectivity index (χ3v) is 8.36. The number of hydrogen-bond acceptors (Lipinski definition) is 8. The lowest BCUT2D eigenvalue weighted by molar-refractivity contribution is -0.384. The SMILES string of the molecule is Cc1ccc(CC2NC(=O)/C=C/CC(C(C)/C=C/c3ccc([N+](=O)[O-])cc3)OC(=O)C(CC(C)C)OC(=O)C(C)(C)CNC2=O)cc1Cl. The highest BCUT2D eigenvalue weighted by atomic mass is 35.5. The molecule has 0 bridgehead atoms. The van der Waals surface area contributed by atoms with E-state index in [-0.39, 0.29) is 43.3 Å². The molecule has 4 unspecified atom stereocenters. The van der Waals surface area contributed by atoms with Gasteiger partial charge < -0.3 is 20.1 Å². The quantitative estimate of drug-likeness (QED) is 0.198. The first-order chi connectivity index (χ1) is 22.5. The van der Waals surface area contributed by atoms with Gasteiger partial charge >= 0.3 is 11.9 Å². The van der Waals surface area contributed by atoms with Gasteiger partial charge in [-0.3, -0.25) is 24.5 Å². The highest BCUT2D eigenvalue weighted by molar-refractivity contribution is 6.31. The number of rotatable bonds is 8. The maximum atomic E-state index is 13.5. The van der Waals surface area contributed by atoms with E-state index in [2.05, 4.69) is 10.6 Å². The number of carbonyl (C=O) groups is 4. The molecular formula is C36H44ClN3O8. The predicted octanol–water partition coefficient (Wildman–Crippen LogP) is 5.91. The molecule has 258 valence electrons. The molecular weight excluding hydrogens is 638 g/mol. The minimum Gasteiger partial charge on any atom is -0.459 e. The Morgan fingerprint density at radius 3 is 2.38 bits per heavy atom. The van der Waals surface area contributed by atoms with Gasteiger partial charge in [0.1, 0.15) is 12.1 Å². The third-order valence-electron chi connectivity index (χ3n) is 7.95. The molecule has 0 radical (unpaired) electrons. The molecule has 1 heterocycles. The van der Waals surface area contributed by atoms with Crippen LogP contribution in [0.3, 0.4) is 0 Å². The summed E-state index contributed by atoms with van der Waals surface area (Å²) in [5.74, 6) is -2.84. The van der Waals surface area contributed by atoms with Gasteiger partial charge in [-0.05, 0) is 74.1 Å². The Bertz CT molecular complexity index is 1550. The Kier molecular flexibility index (Phi) is 13.5. The van der Waals surface area contributed by atoms with Crippen LogP contribution in [0.4, 0.5) is 5.69 Å². The summed E-state index contributed by atoms with van der Waals surface area (Å²) in [5, 5.41) is 17.0. The first-order valence-electron chi connectivity index (χ1n) is 15.9. The zero-order valence-corrected chi connectivity index (χ0v) is 28.9. The summed E-state index contributed by atoms with van der Waals surface area (Å²) in [6.45, 7) is 10.6. The standard InChI is InChI=1S/C36H44ClN3O8/c1-22(2)18-31-34(43)47-30(24(4)11-12-25-14-16-27(17-15-25)40(45)46)8-7-9-32(41)39-29(20-26-13-10-23(3)28(37)19-26)33(42)38-21-36(5,6)35(44)48-31/h7,9-17,19,22,24,29-31H,8,18,20-21H2,1-6H3,(H,38,42)(H,39,41)/b9-7+,12-11+. The molecule has 0 aliphatic carbocycles. The second-order valence-electron chi connectivity index (χ2n) is 13.2. The van der Waals surface area contributed by atoms with Crippen molar-refractivity contribution in [3.8, 4) is 0 Å². The predicted molar refractivity (Wildman–Crippen MR) is 183 cm³/mol. The van der Waals surface area contributed by atoms with Crippen LogP contribution in [0.5, 0.6) is 0 Å². The second kappa shape index (κ2) is 17.1. The van der Waals surface area contributed by atoms with Crippen molar-refractivity contribution in [2.45, 2.75) is 79.1 Å². The Hall–Kier alpha value is -4.51. The number of non-ortho nitro benzene ring substituents is 1. The van der Waals surface area contributed by atoms with Crippen molar-refractivity contribution in [3.63, 3.8) is 0 Å². The summed E-state index contributed by atoms with van der Waals surface area (Å²) >= 11 is 6.31. The average molecular weight is 682 g/mol. The molecule has 1 aliphatic rings. The molecule has 2 amide bonds. The number of benzene rings is 2. The summed E-state index contributed by atoms with van der Waals surface area (Å²) in [4.78, 5) is 63.9. The molecule has 3 rings (SSSR count). The molecule has 2 N–H and O–H groups in total. The molecule has 4 atom stereocenters. The van der Waals surface area contributed by atoms with E-state index in [1.165, 1.54) is 18.2 Å². The lowest BCUT2D eigenvalue weighted by Gasteiger charge is -2.29. The smallest absolute Gasteiger partial charge is 0.347 e. The van der Waals surface area contributed by atoms with Crippen molar-refractivity contribution >= 4 is 47.1 Å². The van der Waals surface area contributed by atoms with E-state index >= 15 is 0 Å². The van der Waals surface area contributed by atoms with E-state index in [1.54, 1.807) is 50.3 Å². The number of nitrogens with one attached hydrogen (secondary N) is 2. The van der Waals surface area contributed by atoms with Crippen LogP contribution < -0.4 is 10.6 Å². The van der Waals surface area contributed by atoms with Crippen LogP contribution >= 0.6 is 11.6 Å². The van der Waals surface area contributed by atoms with Crippen molar-refractivity contribution < 1.29 is 33.6 Å². The van der Waals surface area contributed by atoms with Gasteiger partial charge in [-0.1, -0.05) is 62.7 Å². The zero-order valence-electron chi connectivity index (χ0n) is 28.2. The molecule has 0 saturated heterocycles. The van der Waals surface area contributed by atoms with E-state index in [9.17, 15) is 29.3 Å². The molecule has 0 saturated carbocycles. The number of carbonyl (C=O) groups excluding carboxylic acids is 4. The minimum atomic E-state index is -1.22. The van der Waals surface area contributed by atoms with Gasteiger partial charge in [0.25, 0.3) is 5.69 Å². The van der Waals surface area contributed by atoms with Crippen molar-refractivity contribution in [3.05, 3.63) is 92.5 Å². The first kappa shape index (κ1) is 37.9. The topological polar surface area (TPSA) is 154 Å². The average Bonchev–Trinajstić information content (AvgIpc) is 3.02. The normalized spacial score (nSPS) is 22.4. The molecule has 0 fully saturated rings. The minimum absolute atomic E-state index is 0.0127. The number of nitrogens with zero attached hydrogens (tertiary/aromatic N) is 1. The Morgan fingerprint density at radius 1 is 1.06 bits per heavy atom. The van der Waals surface area contributed by atoms with Crippen LogP contribution in [-0.4, -0.2) is 53.5 Å². The van der Waals surface area contributed by atoms with E-state index in [1.807, 2.05) is 39.8 Å². The molecule has 12 heteroatoms. The van der Waals surface area contributed by atoms with Crippen molar-refractivity contribution in [2.75, 3.05) is 6.54 Å². The summed E-state index contributed by atoms with van der Waals surface area (Å²) in [6.07, 6.45) is 4.93. The summed E-state index contributed by atoms with van der Waals surface area (Å²) in [7, 11) is 0. The number of amides is 2. The Morgan fingerprint density at radius 2 is 1.75 bits per heavy atom. The van der Waals surface area contributed by atoms with Crippen molar-refractivity contribution in [1.29, 1.82) is 0 Å².